The number of sulfonamides is 1. The molecular formula is C23H29BrN4O7S. The second kappa shape index (κ2) is 12.2. The number of rotatable bonds is 11. The van der Waals surface area contributed by atoms with Gasteiger partial charge in [0.15, 0.2) is 0 Å². The van der Waals surface area contributed by atoms with E-state index in [0.29, 0.717) is 5.56 Å². The number of anilines is 1. The SMILES string of the molecule is COc1ccc([N+](=O)[O-])cc1N(CC(=O)N(Cc1cccc(Br)c1)C(C)C(=O)NC(C)C)S(C)(=O)=O. The predicted molar refractivity (Wildman–Crippen MR) is 139 cm³/mol. The fraction of sp³-hybridized carbons (Fsp3) is 0.391. The highest BCUT2D eigenvalue weighted by Crippen LogP contribution is 2.34. The number of nitro benzene ring substituents is 1. The number of amides is 2. The van der Waals surface area contributed by atoms with E-state index in [1.807, 2.05) is 6.07 Å². The number of hydrogen-bond donors (Lipinski definition) is 1. The quantitative estimate of drug-likeness (QED) is 0.316. The summed E-state index contributed by atoms with van der Waals surface area (Å²) in [4.78, 5) is 38.3. The van der Waals surface area contributed by atoms with Gasteiger partial charge in [-0.15, -0.1) is 0 Å². The number of nitrogens with zero attached hydrogens (tertiary/aromatic N) is 3. The third-order valence-electron chi connectivity index (χ3n) is 5.16. The standard InChI is InChI=1S/C23H29BrN4O7S/c1-15(2)25-23(30)16(3)26(13-17-7-6-8-18(24)11-17)22(29)14-27(36(5,33)34)20-12-19(28(31)32)9-10-21(20)35-4/h6-12,15-16H,13-14H2,1-5H3,(H,25,30). The Morgan fingerprint density at radius 3 is 2.36 bits per heavy atom. The predicted octanol–water partition coefficient (Wildman–Crippen LogP) is 3.07. The highest BCUT2D eigenvalue weighted by atomic mass is 79.9. The van der Waals surface area contributed by atoms with Crippen molar-refractivity contribution in [2.45, 2.75) is 39.4 Å². The minimum absolute atomic E-state index is 0.0224. The molecule has 0 spiro atoms. The number of benzene rings is 2. The first-order valence-electron chi connectivity index (χ1n) is 10.9. The molecule has 0 aliphatic heterocycles. The lowest BCUT2D eigenvalue weighted by Crippen LogP contribution is -2.52. The van der Waals surface area contributed by atoms with Gasteiger partial charge in [-0.25, -0.2) is 8.42 Å². The molecule has 13 heteroatoms. The van der Waals surface area contributed by atoms with Crippen molar-refractivity contribution < 1.29 is 27.7 Å². The molecule has 0 bridgehead atoms. The number of nitro groups is 1. The monoisotopic (exact) mass is 584 g/mol. The van der Waals surface area contributed by atoms with Crippen LogP contribution in [0.4, 0.5) is 11.4 Å². The summed E-state index contributed by atoms with van der Waals surface area (Å²) in [6.07, 6.45) is 0.881. The van der Waals surface area contributed by atoms with Crippen LogP contribution in [0.3, 0.4) is 0 Å². The third-order valence-corrected chi connectivity index (χ3v) is 6.78. The van der Waals surface area contributed by atoms with E-state index < -0.39 is 39.3 Å². The van der Waals surface area contributed by atoms with Gasteiger partial charge in [0.1, 0.15) is 24.0 Å². The molecule has 11 nitrogen and oxygen atoms in total. The fourth-order valence-electron chi connectivity index (χ4n) is 3.40. The van der Waals surface area contributed by atoms with Gasteiger partial charge in [0.05, 0.1) is 18.3 Å². The van der Waals surface area contributed by atoms with Gasteiger partial charge in [0.2, 0.25) is 21.8 Å². The van der Waals surface area contributed by atoms with Crippen LogP contribution in [0.1, 0.15) is 26.3 Å². The van der Waals surface area contributed by atoms with E-state index in [-0.39, 0.29) is 29.7 Å². The van der Waals surface area contributed by atoms with Crippen molar-refractivity contribution in [3.63, 3.8) is 0 Å². The minimum Gasteiger partial charge on any atom is -0.495 e. The Balaban J connectivity index is 2.52. The summed E-state index contributed by atoms with van der Waals surface area (Å²) in [5.74, 6) is -1.06. The minimum atomic E-state index is -4.09. The van der Waals surface area contributed by atoms with Gasteiger partial charge in [-0.2, -0.15) is 0 Å². The van der Waals surface area contributed by atoms with Crippen LogP contribution in [0.15, 0.2) is 46.9 Å². The molecule has 0 saturated heterocycles. The van der Waals surface area contributed by atoms with Crippen LogP contribution in [-0.4, -0.2) is 62.0 Å². The number of ether oxygens (including phenoxy) is 1. The molecule has 0 heterocycles. The van der Waals surface area contributed by atoms with E-state index >= 15 is 0 Å². The molecule has 0 radical (unpaired) electrons. The smallest absolute Gasteiger partial charge is 0.271 e. The Bertz CT molecular complexity index is 1240. The van der Waals surface area contributed by atoms with Crippen molar-refractivity contribution in [2.24, 2.45) is 0 Å². The zero-order chi connectivity index (χ0) is 27.2. The lowest BCUT2D eigenvalue weighted by atomic mass is 10.1. The first-order chi connectivity index (χ1) is 16.7. The second-order valence-electron chi connectivity index (χ2n) is 8.37. The molecule has 36 heavy (non-hydrogen) atoms. The van der Waals surface area contributed by atoms with Crippen molar-refractivity contribution in [3.05, 3.63) is 62.6 Å². The van der Waals surface area contributed by atoms with Crippen molar-refractivity contribution in [1.82, 2.24) is 10.2 Å². The first-order valence-corrected chi connectivity index (χ1v) is 13.5. The van der Waals surface area contributed by atoms with Crippen LogP contribution in [0.5, 0.6) is 5.75 Å². The number of carbonyl (C=O) groups excluding carboxylic acids is 2. The van der Waals surface area contributed by atoms with Crippen molar-refractivity contribution in [1.29, 1.82) is 0 Å². The van der Waals surface area contributed by atoms with Crippen molar-refractivity contribution in [3.8, 4) is 5.75 Å². The molecule has 1 N–H and O–H groups in total. The zero-order valence-electron chi connectivity index (χ0n) is 20.6. The summed E-state index contributed by atoms with van der Waals surface area (Å²) in [5, 5.41) is 14.1. The van der Waals surface area contributed by atoms with Crippen LogP contribution >= 0.6 is 15.9 Å². The molecular weight excluding hydrogens is 556 g/mol. The number of hydrogen-bond acceptors (Lipinski definition) is 7. The third kappa shape index (κ3) is 7.65. The van der Waals surface area contributed by atoms with Crippen molar-refractivity contribution in [2.75, 3.05) is 24.2 Å². The molecule has 1 atom stereocenters. The number of nitrogens with one attached hydrogen (secondary N) is 1. The molecule has 0 saturated carbocycles. The van der Waals surface area contributed by atoms with E-state index in [0.717, 1.165) is 21.1 Å². The maximum absolute atomic E-state index is 13.6. The van der Waals surface area contributed by atoms with Crippen LogP contribution in [-0.2, 0) is 26.2 Å². The van der Waals surface area contributed by atoms with E-state index in [9.17, 15) is 28.1 Å². The average molecular weight is 585 g/mol. The maximum atomic E-state index is 13.6. The van der Waals surface area contributed by atoms with Crippen molar-refractivity contribution >= 4 is 49.1 Å². The molecule has 0 aromatic heterocycles. The molecule has 2 aromatic rings. The lowest BCUT2D eigenvalue weighted by molar-refractivity contribution is -0.384. The molecule has 0 aliphatic rings. The number of halogens is 1. The van der Waals surface area contributed by atoms with Gasteiger partial charge in [-0.3, -0.25) is 24.0 Å². The molecule has 1 unspecified atom stereocenters. The number of methoxy groups -OCH3 is 1. The Hall–Kier alpha value is -3.19. The maximum Gasteiger partial charge on any atom is 0.271 e. The molecule has 196 valence electrons. The summed E-state index contributed by atoms with van der Waals surface area (Å²) >= 11 is 3.38. The number of carbonyl (C=O) groups is 2. The largest absolute Gasteiger partial charge is 0.495 e. The Morgan fingerprint density at radius 2 is 1.83 bits per heavy atom. The highest BCUT2D eigenvalue weighted by Gasteiger charge is 2.32. The first kappa shape index (κ1) is 29.0. The Kier molecular flexibility index (Phi) is 9.82. The van der Waals surface area contributed by atoms with E-state index in [1.54, 1.807) is 39.0 Å². The van der Waals surface area contributed by atoms with Crippen LogP contribution in [0.25, 0.3) is 0 Å². The normalized spacial score (nSPS) is 12.1. The molecule has 0 aliphatic carbocycles. The summed E-state index contributed by atoms with van der Waals surface area (Å²) in [5.41, 5.74) is 0.174. The summed E-state index contributed by atoms with van der Waals surface area (Å²) in [7, 11) is -2.81. The average Bonchev–Trinajstić information content (AvgIpc) is 2.78. The van der Waals surface area contributed by atoms with Gasteiger partial charge in [-0.1, -0.05) is 28.1 Å². The molecule has 2 amide bonds. The van der Waals surface area contributed by atoms with Gasteiger partial charge in [-0.05, 0) is 44.5 Å². The van der Waals surface area contributed by atoms with Crippen LogP contribution in [0.2, 0.25) is 0 Å². The summed E-state index contributed by atoms with van der Waals surface area (Å²) in [6, 6.07) is 9.48. The Labute approximate surface area is 218 Å². The molecule has 2 rings (SSSR count). The fourth-order valence-corrected chi connectivity index (χ4v) is 4.69. The van der Waals surface area contributed by atoms with Gasteiger partial charge in [0.25, 0.3) is 5.69 Å². The topological polar surface area (TPSA) is 139 Å². The molecule has 2 aromatic carbocycles. The van der Waals surface area contributed by atoms with E-state index in [1.165, 1.54) is 24.1 Å². The zero-order valence-corrected chi connectivity index (χ0v) is 23.0. The second-order valence-corrected chi connectivity index (χ2v) is 11.2. The number of non-ortho nitro benzene ring substituents is 1. The summed E-state index contributed by atoms with van der Waals surface area (Å²) in [6.45, 7) is 4.43. The van der Waals surface area contributed by atoms with Crippen LogP contribution < -0.4 is 14.4 Å². The lowest BCUT2D eigenvalue weighted by Gasteiger charge is -2.32. The molecule has 0 fully saturated rings. The van der Waals surface area contributed by atoms with Gasteiger partial charge >= 0.3 is 0 Å². The van der Waals surface area contributed by atoms with E-state index in [2.05, 4.69) is 21.2 Å². The summed E-state index contributed by atoms with van der Waals surface area (Å²) < 4.78 is 32.2. The highest BCUT2D eigenvalue weighted by molar-refractivity contribution is 9.10. The van der Waals surface area contributed by atoms with E-state index in [4.69, 9.17) is 4.74 Å². The Morgan fingerprint density at radius 1 is 1.17 bits per heavy atom. The van der Waals surface area contributed by atoms with Gasteiger partial charge < -0.3 is 15.0 Å². The van der Waals surface area contributed by atoms with Gasteiger partial charge in [0, 0.05) is 29.2 Å². The van der Waals surface area contributed by atoms with Crippen LogP contribution in [0, 0.1) is 10.1 Å².